The van der Waals surface area contributed by atoms with E-state index in [-0.39, 0.29) is 5.38 Å². The van der Waals surface area contributed by atoms with E-state index in [0.29, 0.717) is 15.8 Å². The van der Waals surface area contributed by atoms with Crippen molar-refractivity contribution in [2.75, 3.05) is 7.11 Å². The fourth-order valence-electron chi connectivity index (χ4n) is 1.71. The van der Waals surface area contributed by atoms with Crippen LogP contribution in [0.25, 0.3) is 0 Å². The fraction of sp³-hybridized carbons (Fsp3) is 0.143. The third-order valence-corrected chi connectivity index (χ3v) is 4.54. The molecule has 2 aromatic rings. The molecule has 0 saturated heterocycles. The molecule has 1 unspecified atom stereocenters. The minimum absolute atomic E-state index is 0.340. The third kappa shape index (κ3) is 3.48. The Morgan fingerprint density at radius 3 is 2.26 bits per heavy atom. The molecule has 2 rings (SSSR count). The Morgan fingerprint density at radius 2 is 1.68 bits per heavy atom. The molecular formula is C14H10Cl3IO. The lowest BCUT2D eigenvalue weighted by Gasteiger charge is -2.14. The van der Waals surface area contributed by atoms with Gasteiger partial charge >= 0.3 is 0 Å². The van der Waals surface area contributed by atoms with Gasteiger partial charge in [0.2, 0.25) is 0 Å². The van der Waals surface area contributed by atoms with Crippen LogP contribution < -0.4 is 4.74 Å². The fourth-order valence-corrected chi connectivity index (χ4v) is 2.96. The van der Waals surface area contributed by atoms with Gasteiger partial charge in [-0.25, -0.2) is 0 Å². The van der Waals surface area contributed by atoms with Gasteiger partial charge in [-0.2, -0.15) is 0 Å². The zero-order chi connectivity index (χ0) is 14.0. The molecule has 0 N–H and O–H groups in total. The van der Waals surface area contributed by atoms with Crippen molar-refractivity contribution in [2.24, 2.45) is 0 Å². The maximum Gasteiger partial charge on any atom is 0.138 e. The van der Waals surface area contributed by atoms with Gasteiger partial charge in [-0.05, 0) is 51.9 Å². The number of halogens is 4. The molecule has 2 aromatic carbocycles. The number of alkyl halides is 1. The van der Waals surface area contributed by atoms with Crippen LogP contribution in [0.1, 0.15) is 16.5 Å². The quantitative estimate of drug-likeness (QED) is 0.435. The summed E-state index contributed by atoms with van der Waals surface area (Å²) in [7, 11) is 1.55. The summed E-state index contributed by atoms with van der Waals surface area (Å²) in [4.78, 5) is 0. The number of hydrogen-bond acceptors (Lipinski definition) is 1. The Hall–Kier alpha value is -0.160. The monoisotopic (exact) mass is 426 g/mol. The molecule has 1 nitrogen and oxygen atoms in total. The number of methoxy groups -OCH3 is 1. The molecule has 0 aromatic heterocycles. The van der Waals surface area contributed by atoms with Gasteiger partial charge in [0.25, 0.3) is 0 Å². The van der Waals surface area contributed by atoms with Crippen molar-refractivity contribution < 1.29 is 4.74 Å². The van der Waals surface area contributed by atoms with Crippen molar-refractivity contribution >= 4 is 57.4 Å². The molecule has 0 bridgehead atoms. The van der Waals surface area contributed by atoms with Gasteiger partial charge in [-0.1, -0.05) is 35.3 Å². The third-order valence-electron chi connectivity index (χ3n) is 2.71. The first-order chi connectivity index (χ1) is 9.02. The van der Waals surface area contributed by atoms with Gasteiger partial charge in [0.15, 0.2) is 0 Å². The van der Waals surface area contributed by atoms with E-state index >= 15 is 0 Å². The van der Waals surface area contributed by atoms with E-state index < -0.39 is 0 Å². The van der Waals surface area contributed by atoms with Crippen LogP contribution >= 0.6 is 57.4 Å². The Morgan fingerprint density at radius 1 is 1.05 bits per heavy atom. The van der Waals surface area contributed by atoms with Gasteiger partial charge in [-0.3, -0.25) is 0 Å². The Kier molecular flexibility index (Phi) is 5.23. The summed E-state index contributed by atoms with van der Waals surface area (Å²) in [5.74, 6) is 0.543. The van der Waals surface area contributed by atoms with Crippen LogP contribution in [0.2, 0.25) is 10.0 Å². The maximum absolute atomic E-state index is 6.47. The number of rotatable bonds is 3. The number of ether oxygens (including phenoxy) is 1. The van der Waals surface area contributed by atoms with E-state index in [4.69, 9.17) is 39.5 Å². The number of hydrogen-bond donors (Lipinski definition) is 0. The zero-order valence-electron chi connectivity index (χ0n) is 9.96. The highest BCUT2D eigenvalue weighted by atomic mass is 127. The van der Waals surface area contributed by atoms with Crippen molar-refractivity contribution in [3.05, 3.63) is 61.1 Å². The summed E-state index contributed by atoms with van der Waals surface area (Å²) in [5.41, 5.74) is 1.75. The highest BCUT2D eigenvalue weighted by molar-refractivity contribution is 14.1. The molecule has 1 atom stereocenters. The van der Waals surface area contributed by atoms with Crippen LogP contribution in [0.15, 0.2) is 36.4 Å². The van der Waals surface area contributed by atoms with Crippen molar-refractivity contribution in [2.45, 2.75) is 5.38 Å². The van der Waals surface area contributed by atoms with E-state index in [0.717, 1.165) is 14.7 Å². The molecule has 0 amide bonds. The van der Waals surface area contributed by atoms with E-state index in [1.807, 2.05) is 24.3 Å². The summed E-state index contributed by atoms with van der Waals surface area (Å²) in [6, 6.07) is 11.4. The summed E-state index contributed by atoms with van der Waals surface area (Å²) in [5, 5.41) is 0.700. The molecule has 0 radical (unpaired) electrons. The summed E-state index contributed by atoms with van der Waals surface area (Å²) in [6.07, 6.45) is 0. The van der Waals surface area contributed by atoms with Crippen LogP contribution in [0.3, 0.4) is 0 Å². The molecule has 0 aliphatic rings. The molecule has 100 valence electrons. The maximum atomic E-state index is 6.47. The van der Waals surface area contributed by atoms with Crippen LogP contribution in [-0.4, -0.2) is 7.11 Å². The molecule has 5 heteroatoms. The normalized spacial score (nSPS) is 12.3. The van der Waals surface area contributed by atoms with Crippen LogP contribution in [0.5, 0.6) is 5.75 Å². The second kappa shape index (κ2) is 6.53. The first-order valence-electron chi connectivity index (χ1n) is 5.45. The average Bonchev–Trinajstić information content (AvgIpc) is 2.41. The first-order valence-corrected chi connectivity index (χ1v) is 7.72. The van der Waals surface area contributed by atoms with Crippen molar-refractivity contribution in [1.82, 2.24) is 0 Å². The van der Waals surface area contributed by atoms with Gasteiger partial charge < -0.3 is 4.74 Å². The molecular weight excluding hydrogens is 417 g/mol. The van der Waals surface area contributed by atoms with E-state index in [2.05, 4.69) is 22.6 Å². The molecule has 0 saturated carbocycles. The summed E-state index contributed by atoms with van der Waals surface area (Å²) >= 11 is 21.1. The lowest BCUT2D eigenvalue weighted by molar-refractivity contribution is 0.415. The molecule has 19 heavy (non-hydrogen) atoms. The van der Waals surface area contributed by atoms with Crippen LogP contribution in [0.4, 0.5) is 0 Å². The number of benzene rings is 2. The van der Waals surface area contributed by atoms with E-state index in [1.165, 1.54) is 0 Å². The predicted molar refractivity (Wildman–Crippen MR) is 89.9 cm³/mol. The topological polar surface area (TPSA) is 9.23 Å². The Balaban J connectivity index is 2.41. The van der Waals surface area contributed by atoms with Gasteiger partial charge in [0, 0.05) is 14.7 Å². The van der Waals surface area contributed by atoms with Gasteiger partial charge in [0.05, 0.1) is 17.5 Å². The average molecular weight is 427 g/mol. The standard InChI is InChI=1S/C14H10Cl3IO/c1-19-13-7-11(15)10(6-12(13)16)14(17)8-2-4-9(18)5-3-8/h2-7,14H,1H3. The second-order valence-corrected chi connectivity index (χ2v) is 6.42. The minimum Gasteiger partial charge on any atom is -0.495 e. The smallest absolute Gasteiger partial charge is 0.138 e. The highest BCUT2D eigenvalue weighted by Gasteiger charge is 2.17. The summed E-state index contributed by atoms with van der Waals surface area (Å²) < 4.78 is 6.28. The lowest BCUT2D eigenvalue weighted by Crippen LogP contribution is -1.96. The second-order valence-electron chi connectivity index (χ2n) is 3.92. The molecule has 0 fully saturated rings. The molecule has 0 spiro atoms. The Bertz CT molecular complexity index is 584. The summed E-state index contributed by atoms with van der Waals surface area (Å²) in [6.45, 7) is 0. The SMILES string of the molecule is COc1cc(Cl)c(C(Cl)c2ccc(I)cc2)cc1Cl. The molecule has 0 heterocycles. The van der Waals surface area contributed by atoms with E-state index in [9.17, 15) is 0 Å². The van der Waals surface area contributed by atoms with Crippen molar-refractivity contribution in [3.63, 3.8) is 0 Å². The largest absolute Gasteiger partial charge is 0.495 e. The predicted octanol–water partition coefficient (Wildman–Crippen LogP) is 5.93. The van der Waals surface area contributed by atoms with Crippen LogP contribution in [-0.2, 0) is 0 Å². The lowest BCUT2D eigenvalue weighted by atomic mass is 10.0. The van der Waals surface area contributed by atoms with Crippen molar-refractivity contribution in [1.29, 1.82) is 0 Å². The van der Waals surface area contributed by atoms with E-state index in [1.54, 1.807) is 19.2 Å². The van der Waals surface area contributed by atoms with Gasteiger partial charge in [-0.15, -0.1) is 11.6 Å². The molecule has 0 aliphatic carbocycles. The zero-order valence-corrected chi connectivity index (χ0v) is 14.4. The first kappa shape index (κ1) is 15.2. The van der Waals surface area contributed by atoms with Crippen LogP contribution in [0, 0.1) is 3.57 Å². The highest BCUT2D eigenvalue weighted by Crippen LogP contribution is 2.39. The minimum atomic E-state index is -0.340. The van der Waals surface area contributed by atoms with Gasteiger partial charge in [0.1, 0.15) is 5.75 Å². The molecule has 0 aliphatic heterocycles. The Labute approximate surface area is 141 Å². The van der Waals surface area contributed by atoms with Crippen molar-refractivity contribution in [3.8, 4) is 5.75 Å².